The Morgan fingerprint density at radius 3 is 2.10 bits per heavy atom. The predicted molar refractivity (Wildman–Crippen MR) is 93.9 cm³/mol. The van der Waals surface area contributed by atoms with Crippen LogP contribution in [0.3, 0.4) is 0 Å². The van der Waals surface area contributed by atoms with E-state index in [4.69, 9.17) is 4.99 Å². The van der Waals surface area contributed by atoms with Crippen molar-refractivity contribution >= 4 is 11.4 Å². The van der Waals surface area contributed by atoms with Crippen molar-refractivity contribution < 1.29 is 0 Å². The van der Waals surface area contributed by atoms with Gasteiger partial charge in [-0.1, -0.05) is 56.3 Å². The highest BCUT2D eigenvalue weighted by Gasteiger charge is 2.15. The van der Waals surface area contributed by atoms with E-state index in [2.05, 4.69) is 54.7 Å². The maximum absolute atomic E-state index is 4.70. The largest absolute Gasteiger partial charge is 0.323 e. The predicted octanol–water partition coefficient (Wildman–Crippen LogP) is 4.53. The zero-order valence-electron chi connectivity index (χ0n) is 13.8. The number of nitrogens with one attached hydrogen (secondary N) is 1. The van der Waals surface area contributed by atoms with Crippen molar-refractivity contribution in [2.24, 2.45) is 4.99 Å². The van der Waals surface area contributed by atoms with Crippen molar-refractivity contribution in [2.45, 2.75) is 27.2 Å². The van der Waals surface area contributed by atoms with E-state index in [-0.39, 0.29) is 0 Å². The number of nitrogens with zero attached hydrogens (tertiary/aromatic N) is 1. The Bertz CT molecular complexity index is 586. The summed E-state index contributed by atoms with van der Waals surface area (Å²) >= 11 is 0. The molecule has 2 aromatic rings. The summed E-state index contributed by atoms with van der Waals surface area (Å²) in [5.41, 5.74) is 6.23. The first-order valence-corrected chi connectivity index (χ1v) is 7.56. The molecule has 1 aliphatic heterocycles. The molecular weight excluding hydrogens is 256 g/mol. The first-order valence-electron chi connectivity index (χ1n) is 7.56. The van der Waals surface area contributed by atoms with Gasteiger partial charge < -0.3 is 5.32 Å². The van der Waals surface area contributed by atoms with Crippen LogP contribution in [-0.2, 0) is 6.42 Å². The van der Waals surface area contributed by atoms with Gasteiger partial charge >= 0.3 is 0 Å². The van der Waals surface area contributed by atoms with E-state index < -0.39 is 0 Å². The molecule has 0 saturated heterocycles. The van der Waals surface area contributed by atoms with Crippen LogP contribution in [-0.4, -0.2) is 19.8 Å². The summed E-state index contributed by atoms with van der Waals surface area (Å²) in [6.07, 6.45) is 0.959. The van der Waals surface area contributed by atoms with Crippen LogP contribution in [0.1, 0.15) is 30.5 Å². The molecule has 112 valence electrons. The van der Waals surface area contributed by atoms with Gasteiger partial charge in [0.1, 0.15) is 0 Å². The molecule has 0 saturated carbocycles. The molecule has 21 heavy (non-hydrogen) atoms. The minimum Gasteiger partial charge on any atom is -0.323 e. The van der Waals surface area contributed by atoms with Gasteiger partial charge in [-0.3, -0.25) is 4.99 Å². The van der Waals surface area contributed by atoms with Crippen molar-refractivity contribution in [1.82, 2.24) is 5.32 Å². The van der Waals surface area contributed by atoms with Crippen LogP contribution in [0.4, 0.5) is 5.69 Å². The number of aryl methyl sites for hydroxylation is 1. The topological polar surface area (TPSA) is 24.4 Å². The van der Waals surface area contributed by atoms with Gasteiger partial charge in [-0.05, 0) is 43.8 Å². The highest BCUT2D eigenvalue weighted by atomic mass is 14.8. The summed E-state index contributed by atoms with van der Waals surface area (Å²) in [5, 5.41) is 2.75. The molecule has 2 heteroatoms. The molecule has 2 aromatic carbocycles. The van der Waals surface area contributed by atoms with Crippen molar-refractivity contribution in [1.29, 1.82) is 0 Å². The molecule has 0 atom stereocenters. The fraction of sp³-hybridized carbons (Fsp3) is 0.316. The second-order valence-corrected chi connectivity index (χ2v) is 4.68. The lowest BCUT2D eigenvalue weighted by molar-refractivity contribution is 1.02. The molecule has 0 amide bonds. The standard InChI is InChI=1S/C15H13N.C2H7N.C2H6/c1-11-6-2-4-8-13(11)15-10-12-7-3-5-9-14(12)16-15;1-3-2;1-2/h2-9H,10H2,1H3;3H,1-2H3;1-2H3. The molecule has 0 spiro atoms. The minimum absolute atomic E-state index is 0.959. The minimum atomic E-state index is 0.959. The molecule has 0 fully saturated rings. The van der Waals surface area contributed by atoms with Crippen LogP contribution >= 0.6 is 0 Å². The molecule has 1 heterocycles. The summed E-state index contributed by atoms with van der Waals surface area (Å²) in [5.74, 6) is 0. The summed E-state index contributed by atoms with van der Waals surface area (Å²) in [6, 6.07) is 16.8. The number of benzene rings is 2. The lowest BCUT2D eigenvalue weighted by Crippen LogP contribution is -2.02. The molecule has 2 nitrogen and oxygen atoms in total. The van der Waals surface area contributed by atoms with Gasteiger partial charge in [0, 0.05) is 6.42 Å². The fourth-order valence-electron chi connectivity index (χ4n) is 2.19. The Kier molecular flexibility index (Phi) is 7.41. The van der Waals surface area contributed by atoms with Gasteiger partial charge in [-0.15, -0.1) is 0 Å². The number of hydrogen-bond acceptors (Lipinski definition) is 2. The quantitative estimate of drug-likeness (QED) is 0.816. The lowest BCUT2D eigenvalue weighted by Gasteiger charge is -2.03. The van der Waals surface area contributed by atoms with Gasteiger partial charge in [0.25, 0.3) is 0 Å². The van der Waals surface area contributed by atoms with Gasteiger partial charge in [0.2, 0.25) is 0 Å². The molecule has 1 N–H and O–H groups in total. The van der Waals surface area contributed by atoms with Crippen LogP contribution in [0.25, 0.3) is 0 Å². The van der Waals surface area contributed by atoms with E-state index in [1.807, 2.05) is 34.0 Å². The summed E-state index contributed by atoms with van der Waals surface area (Å²) < 4.78 is 0. The number of para-hydroxylation sites is 1. The first-order chi connectivity index (χ1) is 10.3. The highest BCUT2D eigenvalue weighted by molar-refractivity contribution is 6.07. The van der Waals surface area contributed by atoms with Gasteiger partial charge in [-0.25, -0.2) is 0 Å². The Morgan fingerprint density at radius 1 is 0.905 bits per heavy atom. The third-order valence-electron chi connectivity index (χ3n) is 3.06. The zero-order valence-corrected chi connectivity index (χ0v) is 13.8. The van der Waals surface area contributed by atoms with E-state index in [0.717, 1.165) is 12.1 Å². The number of hydrogen-bond donors (Lipinski definition) is 1. The second kappa shape index (κ2) is 9.09. The Balaban J connectivity index is 0.000000395. The molecule has 0 aromatic heterocycles. The Hall–Kier alpha value is -1.93. The van der Waals surface area contributed by atoms with Crippen LogP contribution in [0.15, 0.2) is 53.5 Å². The Morgan fingerprint density at radius 2 is 1.48 bits per heavy atom. The molecular formula is C19H26N2. The second-order valence-electron chi connectivity index (χ2n) is 4.68. The zero-order chi connectivity index (χ0) is 15.7. The number of fused-ring (bicyclic) bond motifs is 1. The monoisotopic (exact) mass is 282 g/mol. The van der Waals surface area contributed by atoms with Crippen molar-refractivity contribution in [2.75, 3.05) is 14.1 Å². The third-order valence-corrected chi connectivity index (χ3v) is 3.06. The van der Waals surface area contributed by atoms with E-state index in [9.17, 15) is 0 Å². The molecule has 0 unspecified atom stereocenters. The van der Waals surface area contributed by atoms with E-state index in [0.29, 0.717) is 0 Å². The molecule has 0 aliphatic carbocycles. The number of aliphatic imine (C=N–C) groups is 1. The van der Waals surface area contributed by atoms with Crippen LogP contribution in [0.5, 0.6) is 0 Å². The van der Waals surface area contributed by atoms with Gasteiger partial charge in [0.05, 0.1) is 11.4 Å². The number of rotatable bonds is 1. The van der Waals surface area contributed by atoms with E-state index in [1.54, 1.807) is 0 Å². The molecule has 1 aliphatic rings. The molecule has 0 radical (unpaired) electrons. The van der Waals surface area contributed by atoms with Crippen molar-refractivity contribution in [3.05, 3.63) is 65.2 Å². The van der Waals surface area contributed by atoms with Crippen LogP contribution < -0.4 is 5.32 Å². The van der Waals surface area contributed by atoms with Crippen LogP contribution in [0, 0.1) is 6.92 Å². The fourth-order valence-corrected chi connectivity index (χ4v) is 2.19. The van der Waals surface area contributed by atoms with Crippen LogP contribution in [0.2, 0.25) is 0 Å². The summed E-state index contributed by atoms with van der Waals surface area (Å²) in [7, 11) is 3.75. The smallest absolute Gasteiger partial charge is 0.0669 e. The van der Waals surface area contributed by atoms with Crippen molar-refractivity contribution in [3.63, 3.8) is 0 Å². The maximum atomic E-state index is 4.70. The van der Waals surface area contributed by atoms with Gasteiger partial charge in [0.15, 0.2) is 0 Å². The normalized spacial score (nSPS) is 11.4. The first kappa shape index (κ1) is 17.1. The summed E-state index contributed by atoms with van der Waals surface area (Å²) in [4.78, 5) is 4.70. The van der Waals surface area contributed by atoms with Crippen molar-refractivity contribution in [3.8, 4) is 0 Å². The lowest BCUT2D eigenvalue weighted by atomic mass is 10.0. The average Bonchev–Trinajstić information content (AvgIpc) is 2.94. The van der Waals surface area contributed by atoms with E-state index >= 15 is 0 Å². The maximum Gasteiger partial charge on any atom is 0.0669 e. The summed E-state index contributed by atoms with van der Waals surface area (Å²) in [6.45, 7) is 6.14. The van der Waals surface area contributed by atoms with E-state index in [1.165, 1.54) is 22.4 Å². The molecule has 0 bridgehead atoms. The highest BCUT2D eigenvalue weighted by Crippen LogP contribution is 2.28. The van der Waals surface area contributed by atoms with Gasteiger partial charge in [-0.2, -0.15) is 0 Å². The average molecular weight is 282 g/mol. The molecule has 3 rings (SSSR count). The Labute approximate surface area is 128 Å². The SMILES string of the molecule is CC.CNC.Cc1ccccc1C1=Nc2ccccc2C1. The third kappa shape index (κ3) is 4.54.